The van der Waals surface area contributed by atoms with Crippen LogP contribution in [0.15, 0.2) is 86.7 Å². The number of phenolic OH excluding ortho intramolecular Hbond substituents is 1. The fraction of sp³-hybridized carbons (Fsp3) is 0.143. The van der Waals surface area contributed by atoms with E-state index in [1.54, 1.807) is 68.4 Å². The molecule has 2 heterocycles. The Hall–Kier alpha value is -4.92. The van der Waals surface area contributed by atoms with Gasteiger partial charge in [0, 0.05) is 11.6 Å². The Balaban J connectivity index is 1.30. The first-order chi connectivity index (χ1) is 17.9. The number of nitrogens with zero attached hydrogens (tertiary/aromatic N) is 2. The van der Waals surface area contributed by atoms with Crippen LogP contribution in [-0.4, -0.2) is 27.3 Å². The quantitative estimate of drug-likeness (QED) is 0.295. The number of carbonyl (C=O) groups is 1. The fourth-order valence-corrected chi connectivity index (χ4v) is 3.68. The number of ether oxygens (including phenoxy) is 2. The first-order valence-electron chi connectivity index (χ1n) is 11.5. The predicted octanol–water partition coefficient (Wildman–Crippen LogP) is 5.36. The second kappa shape index (κ2) is 9.98. The molecule has 9 heteroatoms. The number of carbonyl (C=O) groups excluding carboxylic acids is 1. The molecule has 0 atom stereocenters. The van der Waals surface area contributed by atoms with Crippen LogP contribution in [0.2, 0.25) is 0 Å². The van der Waals surface area contributed by atoms with Crippen molar-refractivity contribution in [3.8, 4) is 34.1 Å². The van der Waals surface area contributed by atoms with Crippen LogP contribution in [0.25, 0.3) is 33.6 Å². The Labute approximate surface area is 210 Å². The Morgan fingerprint density at radius 2 is 1.84 bits per heavy atom. The number of aromatic nitrogens is 2. The third kappa shape index (κ3) is 5.20. The van der Waals surface area contributed by atoms with Gasteiger partial charge in [-0.05, 0) is 61.9 Å². The number of fused-ring (bicyclic) bond motifs is 1. The molecule has 0 amide bonds. The van der Waals surface area contributed by atoms with E-state index in [4.69, 9.17) is 18.4 Å². The van der Waals surface area contributed by atoms with Gasteiger partial charge in [-0.25, -0.2) is 4.79 Å². The van der Waals surface area contributed by atoms with E-state index < -0.39 is 5.97 Å². The van der Waals surface area contributed by atoms with E-state index in [2.05, 4.69) is 10.1 Å². The number of hydrogen-bond donors (Lipinski definition) is 1. The molecule has 2 aromatic heterocycles. The summed E-state index contributed by atoms with van der Waals surface area (Å²) in [6.45, 7) is 3.58. The predicted molar refractivity (Wildman–Crippen MR) is 134 cm³/mol. The maximum absolute atomic E-state index is 12.9. The first-order valence-corrected chi connectivity index (χ1v) is 11.5. The van der Waals surface area contributed by atoms with Crippen LogP contribution < -0.4 is 10.2 Å². The van der Waals surface area contributed by atoms with Gasteiger partial charge in [-0.2, -0.15) is 4.98 Å². The second-order valence-corrected chi connectivity index (χ2v) is 8.52. The highest BCUT2D eigenvalue weighted by Crippen LogP contribution is 2.25. The van der Waals surface area contributed by atoms with E-state index in [0.29, 0.717) is 44.8 Å². The minimum atomic E-state index is -0.432. The van der Waals surface area contributed by atoms with E-state index in [0.717, 1.165) is 0 Å². The Bertz CT molecular complexity index is 1640. The molecule has 0 aliphatic carbocycles. The molecule has 186 valence electrons. The van der Waals surface area contributed by atoms with Crippen molar-refractivity contribution >= 4 is 16.9 Å². The molecule has 0 saturated carbocycles. The summed E-state index contributed by atoms with van der Waals surface area (Å²) < 4.78 is 22.0. The van der Waals surface area contributed by atoms with Gasteiger partial charge >= 0.3 is 5.97 Å². The zero-order chi connectivity index (χ0) is 25.9. The molecule has 5 aromatic rings. The molecule has 3 aromatic carbocycles. The average Bonchev–Trinajstić information content (AvgIpc) is 3.37. The van der Waals surface area contributed by atoms with Crippen LogP contribution in [0.5, 0.6) is 11.5 Å². The highest BCUT2D eigenvalue weighted by molar-refractivity contribution is 5.90. The standard InChI is InChI=1S/C28H22N2O7/c1-16(2)36-28(33)19-5-3-4-18(12-19)27-29-25(30-37-27)15-34-21-10-11-22-24(13-21)35-14-23(26(22)32)17-6-8-20(31)9-7-17/h3-14,16,31H,15H2,1-2H3. The third-order valence-corrected chi connectivity index (χ3v) is 5.45. The summed E-state index contributed by atoms with van der Waals surface area (Å²) in [5.41, 5.74) is 2.16. The summed E-state index contributed by atoms with van der Waals surface area (Å²) in [5.74, 6) is 0.679. The lowest BCUT2D eigenvalue weighted by atomic mass is 10.1. The maximum Gasteiger partial charge on any atom is 0.338 e. The van der Waals surface area contributed by atoms with Crippen molar-refractivity contribution in [1.29, 1.82) is 0 Å². The molecule has 0 fully saturated rings. The van der Waals surface area contributed by atoms with Gasteiger partial charge in [0.2, 0.25) is 5.82 Å². The van der Waals surface area contributed by atoms with Crippen LogP contribution in [-0.2, 0) is 11.3 Å². The van der Waals surface area contributed by atoms with Gasteiger partial charge in [-0.3, -0.25) is 4.79 Å². The average molecular weight is 498 g/mol. The van der Waals surface area contributed by atoms with E-state index in [1.165, 1.54) is 18.4 Å². The maximum atomic E-state index is 12.9. The van der Waals surface area contributed by atoms with Gasteiger partial charge in [-0.15, -0.1) is 0 Å². The molecule has 5 rings (SSSR count). The van der Waals surface area contributed by atoms with Crippen molar-refractivity contribution in [3.63, 3.8) is 0 Å². The summed E-state index contributed by atoms with van der Waals surface area (Å²) in [5, 5.41) is 13.8. The topological polar surface area (TPSA) is 125 Å². The van der Waals surface area contributed by atoms with Crippen molar-refractivity contribution in [2.45, 2.75) is 26.6 Å². The van der Waals surface area contributed by atoms with Crippen molar-refractivity contribution < 1.29 is 28.3 Å². The SMILES string of the molecule is CC(C)OC(=O)c1cccc(-c2nc(COc3ccc4c(=O)c(-c5ccc(O)cc5)coc4c3)no2)c1. The number of benzene rings is 3. The number of phenols is 1. The summed E-state index contributed by atoms with van der Waals surface area (Å²) in [7, 11) is 0. The molecule has 37 heavy (non-hydrogen) atoms. The second-order valence-electron chi connectivity index (χ2n) is 8.52. The van der Waals surface area contributed by atoms with Gasteiger partial charge in [0.15, 0.2) is 12.0 Å². The molecular formula is C28H22N2O7. The minimum absolute atomic E-state index is 0.0138. The first kappa shape index (κ1) is 23.8. The van der Waals surface area contributed by atoms with Gasteiger partial charge in [0.25, 0.3) is 5.89 Å². The molecule has 9 nitrogen and oxygen atoms in total. The van der Waals surface area contributed by atoms with Gasteiger partial charge in [0.05, 0.1) is 22.6 Å². The Kier molecular flexibility index (Phi) is 6.42. The van der Waals surface area contributed by atoms with Crippen LogP contribution in [0.3, 0.4) is 0 Å². The summed E-state index contributed by atoms with van der Waals surface area (Å²) >= 11 is 0. The van der Waals surface area contributed by atoms with Gasteiger partial charge < -0.3 is 23.5 Å². The lowest BCUT2D eigenvalue weighted by Crippen LogP contribution is -2.11. The number of aromatic hydroxyl groups is 1. The minimum Gasteiger partial charge on any atom is -0.508 e. The molecule has 0 aliphatic heterocycles. The highest BCUT2D eigenvalue weighted by Gasteiger charge is 2.15. The van der Waals surface area contributed by atoms with Gasteiger partial charge in [0.1, 0.15) is 23.3 Å². The molecule has 0 spiro atoms. The van der Waals surface area contributed by atoms with Crippen LogP contribution in [0, 0.1) is 0 Å². The lowest BCUT2D eigenvalue weighted by Gasteiger charge is -2.08. The molecule has 1 N–H and O–H groups in total. The summed E-state index contributed by atoms with van der Waals surface area (Å²) in [6.07, 6.45) is 1.16. The Morgan fingerprint density at radius 1 is 1.03 bits per heavy atom. The zero-order valence-corrected chi connectivity index (χ0v) is 20.0. The number of esters is 1. The molecular weight excluding hydrogens is 476 g/mol. The van der Waals surface area contributed by atoms with Crippen molar-refractivity contribution in [2.75, 3.05) is 0 Å². The largest absolute Gasteiger partial charge is 0.508 e. The van der Waals surface area contributed by atoms with Crippen LogP contribution in [0.4, 0.5) is 0 Å². The highest BCUT2D eigenvalue weighted by atomic mass is 16.5. The number of hydrogen-bond acceptors (Lipinski definition) is 9. The summed E-state index contributed by atoms with van der Waals surface area (Å²) in [6, 6.07) is 18.0. The fourth-order valence-electron chi connectivity index (χ4n) is 3.68. The zero-order valence-electron chi connectivity index (χ0n) is 20.0. The normalized spacial score (nSPS) is 11.1. The van der Waals surface area contributed by atoms with Crippen molar-refractivity contribution in [2.24, 2.45) is 0 Å². The van der Waals surface area contributed by atoms with E-state index in [1.807, 2.05) is 0 Å². The molecule has 0 radical (unpaired) electrons. The molecule has 0 bridgehead atoms. The lowest BCUT2D eigenvalue weighted by molar-refractivity contribution is 0.0378. The van der Waals surface area contributed by atoms with E-state index in [-0.39, 0.29) is 29.8 Å². The molecule has 0 aliphatic rings. The van der Waals surface area contributed by atoms with Crippen LogP contribution in [0.1, 0.15) is 30.0 Å². The van der Waals surface area contributed by atoms with Gasteiger partial charge in [-0.1, -0.05) is 23.4 Å². The summed E-state index contributed by atoms with van der Waals surface area (Å²) in [4.78, 5) is 29.4. The van der Waals surface area contributed by atoms with Crippen molar-refractivity contribution in [3.05, 3.63) is 94.6 Å². The van der Waals surface area contributed by atoms with E-state index >= 15 is 0 Å². The third-order valence-electron chi connectivity index (χ3n) is 5.45. The smallest absolute Gasteiger partial charge is 0.338 e. The van der Waals surface area contributed by atoms with Crippen molar-refractivity contribution in [1.82, 2.24) is 10.1 Å². The monoisotopic (exact) mass is 498 g/mol. The molecule has 0 saturated heterocycles. The Morgan fingerprint density at radius 3 is 2.62 bits per heavy atom. The van der Waals surface area contributed by atoms with Crippen LogP contribution >= 0.6 is 0 Å². The number of rotatable bonds is 7. The van der Waals surface area contributed by atoms with E-state index in [9.17, 15) is 14.7 Å². The molecule has 0 unspecified atom stereocenters.